The summed E-state index contributed by atoms with van der Waals surface area (Å²) < 4.78 is 38.1. The first-order valence-corrected chi connectivity index (χ1v) is 6.08. The third-order valence-electron chi connectivity index (χ3n) is 4.44. The van der Waals surface area contributed by atoms with Gasteiger partial charge in [-0.15, -0.1) is 0 Å². The molecule has 0 aliphatic heterocycles. The molecule has 0 aromatic carbocycles. The molecule has 5 heteroatoms. The van der Waals surface area contributed by atoms with E-state index in [9.17, 15) is 23.4 Å². The molecule has 2 nitrogen and oxygen atoms in total. The standard InChI is InChI=1S/C12H21F3O2/c1-3-10(2,8-16)11(17)6-4-5-9(7-11)12(13,14)15/h9,16-17H,3-8H2,1-2H3. The van der Waals surface area contributed by atoms with Gasteiger partial charge in [-0.05, 0) is 32.1 Å². The summed E-state index contributed by atoms with van der Waals surface area (Å²) in [4.78, 5) is 0. The minimum absolute atomic E-state index is 0.0804. The topological polar surface area (TPSA) is 40.5 Å². The van der Waals surface area contributed by atoms with Crippen LogP contribution in [-0.2, 0) is 0 Å². The average molecular weight is 254 g/mol. The fraction of sp³-hybridized carbons (Fsp3) is 1.00. The van der Waals surface area contributed by atoms with Crippen molar-refractivity contribution in [2.24, 2.45) is 11.3 Å². The van der Waals surface area contributed by atoms with Gasteiger partial charge in [-0.3, -0.25) is 0 Å². The van der Waals surface area contributed by atoms with E-state index in [4.69, 9.17) is 0 Å². The summed E-state index contributed by atoms with van der Waals surface area (Å²) in [7, 11) is 0. The quantitative estimate of drug-likeness (QED) is 0.813. The zero-order valence-electron chi connectivity index (χ0n) is 10.3. The molecule has 0 aromatic heterocycles. The first kappa shape index (κ1) is 14.8. The highest BCUT2D eigenvalue weighted by Gasteiger charge is 2.53. The van der Waals surface area contributed by atoms with Gasteiger partial charge in [0.15, 0.2) is 0 Å². The maximum atomic E-state index is 12.7. The number of alkyl halides is 3. The second-order valence-electron chi connectivity index (χ2n) is 5.44. The third kappa shape index (κ3) is 2.76. The second-order valence-corrected chi connectivity index (χ2v) is 5.44. The molecule has 0 bridgehead atoms. The van der Waals surface area contributed by atoms with Crippen molar-refractivity contribution in [2.45, 2.75) is 57.7 Å². The highest BCUT2D eigenvalue weighted by Crippen LogP contribution is 2.49. The van der Waals surface area contributed by atoms with Crippen LogP contribution in [0.15, 0.2) is 0 Å². The predicted octanol–water partition coefficient (Wildman–Crippen LogP) is 2.88. The number of hydrogen-bond acceptors (Lipinski definition) is 2. The van der Waals surface area contributed by atoms with Gasteiger partial charge in [-0.1, -0.05) is 13.8 Å². The Morgan fingerprint density at radius 1 is 1.35 bits per heavy atom. The molecular formula is C12H21F3O2. The Hall–Kier alpha value is -0.290. The number of rotatable bonds is 3. The zero-order valence-corrected chi connectivity index (χ0v) is 10.3. The molecule has 1 rings (SSSR count). The smallest absolute Gasteiger partial charge is 0.391 e. The van der Waals surface area contributed by atoms with Crippen LogP contribution < -0.4 is 0 Å². The maximum absolute atomic E-state index is 12.7. The first-order valence-electron chi connectivity index (χ1n) is 6.08. The van der Waals surface area contributed by atoms with Crippen molar-refractivity contribution < 1.29 is 23.4 Å². The molecule has 102 valence electrons. The van der Waals surface area contributed by atoms with Gasteiger partial charge in [-0.25, -0.2) is 0 Å². The molecule has 0 amide bonds. The van der Waals surface area contributed by atoms with Crippen molar-refractivity contribution in [3.05, 3.63) is 0 Å². The van der Waals surface area contributed by atoms with Gasteiger partial charge in [0.25, 0.3) is 0 Å². The number of aliphatic hydroxyl groups is 2. The van der Waals surface area contributed by atoms with Crippen LogP contribution in [0.5, 0.6) is 0 Å². The SMILES string of the molecule is CCC(C)(CO)C1(O)CCCC(C(F)(F)F)C1. The molecule has 1 aliphatic carbocycles. The lowest BCUT2D eigenvalue weighted by Crippen LogP contribution is -2.53. The number of halogens is 3. The van der Waals surface area contributed by atoms with E-state index in [0.29, 0.717) is 19.3 Å². The van der Waals surface area contributed by atoms with E-state index in [2.05, 4.69) is 0 Å². The summed E-state index contributed by atoms with van der Waals surface area (Å²) in [6.45, 7) is 3.15. The monoisotopic (exact) mass is 254 g/mol. The summed E-state index contributed by atoms with van der Waals surface area (Å²) in [5.41, 5.74) is -2.26. The van der Waals surface area contributed by atoms with Gasteiger partial charge < -0.3 is 10.2 Å². The first-order chi connectivity index (χ1) is 7.68. The molecule has 0 aromatic rings. The molecule has 1 saturated carbocycles. The van der Waals surface area contributed by atoms with Crippen LogP contribution >= 0.6 is 0 Å². The van der Waals surface area contributed by atoms with Gasteiger partial charge in [0.05, 0.1) is 18.1 Å². The minimum Gasteiger partial charge on any atom is -0.396 e. The molecule has 2 N–H and O–H groups in total. The lowest BCUT2D eigenvalue weighted by molar-refractivity contribution is -0.219. The normalized spacial score (nSPS) is 34.4. The van der Waals surface area contributed by atoms with E-state index in [1.807, 2.05) is 0 Å². The van der Waals surface area contributed by atoms with Crippen molar-refractivity contribution in [1.29, 1.82) is 0 Å². The summed E-state index contributed by atoms with van der Waals surface area (Å²) in [6, 6.07) is 0. The van der Waals surface area contributed by atoms with E-state index < -0.39 is 23.1 Å². The molecule has 0 saturated heterocycles. The summed E-state index contributed by atoms with van der Waals surface area (Å²) in [5.74, 6) is -1.45. The molecule has 0 heterocycles. The van der Waals surface area contributed by atoms with Crippen molar-refractivity contribution in [2.75, 3.05) is 6.61 Å². The summed E-state index contributed by atoms with van der Waals surface area (Å²) in [5, 5.41) is 19.8. The Balaban J connectivity index is 2.90. The fourth-order valence-electron chi connectivity index (χ4n) is 2.67. The zero-order chi connectivity index (χ0) is 13.3. The van der Waals surface area contributed by atoms with Gasteiger partial charge in [-0.2, -0.15) is 13.2 Å². The number of aliphatic hydroxyl groups excluding tert-OH is 1. The largest absolute Gasteiger partial charge is 0.396 e. The molecule has 3 unspecified atom stereocenters. The Morgan fingerprint density at radius 2 is 1.94 bits per heavy atom. The van der Waals surface area contributed by atoms with Crippen molar-refractivity contribution in [3.8, 4) is 0 Å². The lowest BCUT2D eigenvalue weighted by atomic mass is 9.62. The molecule has 17 heavy (non-hydrogen) atoms. The molecule has 0 spiro atoms. The Labute approximate surface area is 99.8 Å². The molecular weight excluding hydrogens is 233 g/mol. The van der Waals surface area contributed by atoms with Crippen LogP contribution in [0.3, 0.4) is 0 Å². The van der Waals surface area contributed by atoms with E-state index >= 15 is 0 Å². The van der Waals surface area contributed by atoms with Gasteiger partial charge in [0.2, 0.25) is 0 Å². The Morgan fingerprint density at radius 3 is 2.35 bits per heavy atom. The molecule has 1 fully saturated rings. The minimum atomic E-state index is -4.25. The Bertz CT molecular complexity index is 261. The maximum Gasteiger partial charge on any atom is 0.391 e. The fourth-order valence-corrected chi connectivity index (χ4v) is 2.67. The molecule has 3 atom stereocenters. The van der Waals surface area contributed by atoms with E-state index in [0.717, 1.165) is 0 Å². The molecule has 1 aliphatic rings. The van der Waals surface area contributed by atoms with Crippen LogP contribution in [0, 0.1) is 11.3 Å². The van der Waals surface area contributed by atoms with Crippen LogP contribution in [0.2, 0.25) is 0 Å². The Kier molecular flexibility index (Phi) is 4.14. The van der Waals surface area contributed by atoms with Crippen molar-refractivity contribution >= 4 is 0 Å². The van der Waals surface area contributed by atoms with Crippen LogP contribution in [0.4, 0.5) is 13.2 Å². The number of hydrogen-bond donors (Lipinski definition) is 2. The van der Waals surface area contributed by atoms with Gasteiger partial charge >= 0.3 is 6.18 Å². The highest BCUT2D eigenvalue weighted by atomic mass is 19.4. The highest BCUT2D eigenvalue weighted by molar-refractivity contribution is 4.99. The summed E-state index contributed by atoms with van der Waals surface area (Å²) in [6.07, 6.45) is -3.30. The summed E-state index contributed by atoms with van der Waals surface area (Å²) >= 11 is 0. The van der Waals surface area contributed by atoms with Crippen molar-refractivity contribution in [1.82, 2.24) is 0 Å². The van der Waals surface area contributed by atoms with Gasteiger partial charge in [0.1, 0.15) is 0 Å². The van der Waals surface area contributed by atoms with Crippen LogP contribution in [0.25, 0.3) is 0 Å². The predicted molar refractivity (Wildman–Crippen MR) is 58.4 cm³/mol. The van der Waals surface area contributed by atoms with Gasteiger partial charge in [0, 0.05) is 5.41 Å². The lowest BCUT2D eigenvalue weighted by Gasteiger charge is -2.48. The van der Waals surface area contributed by atoms with Crippen LogP contribution in [0.1, 0.15) is 46.0 Å². The second kappa shape index (κ2) is 4.76. The van der Waals surface area contributed by atoms with Crippen molar-refractivity contribution in [3.63, 3.8) is 0 Å². The molecule has 0 radical (unpaired) electrons. The van der Waals surface area contributed by atoms with E-state index in [1.165, 1.54) is 0 Å². The third-order valence-corrected chi connectivity index (χ3v) is 4.44. The van der Waals surface area contributed by atoms with Crippen LogP contribution in [-0.4, -0.2) is 28.6 Å². The van der Waals surface area contributed by atoms with E-state index in [-0.39, 0.29) is 19.4 Å². The van der Waals surface area contributed by atoms with E-state index in [1.54, 1.807) is 13.8 Å². The average Bonchev–Trinajstić information content (AvgIpc) is 2.26.